The largest absolute Gasteiger partial charge is 0.463 e. The molecule has 0 N–H and O–H groups in total. The van der Waals surface area contributed by atoms with Gasteiger partial charge in [-0.25, -0.2) is 0 Å². The highest BCUT2D eigenvalue weighted by molar-refractivity contribution is 6.39. The lowest BCUT2D eigenvalue weighted by Gasteiger charge is -2.43. The molecule has 3 aliphatic rings. The Morgan fingerprint density at radius 1 is 1.27 bits per heavy atom. The number of benzene rings is 1. The molecule has 5 rings (SSSR count). The fourth-order valence-corrected chi connectivity index (χ4v) is 6.71. The highest BCUT2D eigenvalue weighted by Gasteiger charge is 2.44. The standard InChI is InChI=1S/C30H37Cl2N7O2/c1-5-26(40)38-14-13-37(16-21(38)9-12-33)28-22-15-20(2)39(27-23(31)7-6-8-24(27)32)17-25(22)34-29(35-28)41-19-30(10-11-30)18-36(3)4/h5-8,20-21H,1,9-11,13-19H2,2-4H3/t20-,21?/m0/s1. The van der Waals surface area contributed by atoms with Crippen LogP contribution >= 0.6 is 23.2 Å². The van der Waals surface area contributed by atoms with Crippen molar-refractivity contribution >= 4 is 40.6 Å². The molecule has 2 aliphatic heterocycles. The molecule has 3 heterocycles. The van der Waals surface area contributed by atoms with Gasteiger partial charge < -0.3 is 24.3 Å². The van der Waals surface area contributed by atoms with Crippen LogP contribution in [0.1, 0.15) is 37.4 Å². The summed E-state index contributed by atoms with van der Waals surface area (Å²) in [5, 5.41) is 10.7. The molecule has 2 atom stereocenters. The predicted molar refractivity (Wildman–Crippen MR) is 162 cm³/mol. The maximum absolute atomic E-state index is 12.5. The minimum Gasteiger partial charge on any atom is -0.463 e. The van der Waals surface area contributed by atoms with Gasteiger partial charge in [0.25, 0.3) is 0 Å². The van der Waals surface area contributed by atoms with Crippen LogP contribution in [0.5, 0.6) is 6.01 Å². The first-order valence-corrected chi connectivity index (χ1v) is 14.8. The Labute approximate surface area is 252 Å². The zero-order chi connectivity index (χ0) is 29.3. The lowest BCUT2D eigenvalue weighted by molar-refractivity contribution is -0.128. The van der Waals surface area contributed by atoms with E-state index in [2.05, 4.69) is 48.4 Å². The number of hydrogen-bond acceptors (Lipinski definition) is 8. The minimum absolute atomic E-state index is 0.0855. The third kappa shape index (κ3) is 6.25. The smallest absolute Gasteiger partial charge is 0.318 e. The molecule has 9 nitrogen and oxygen atoms in total. The van der Waals surface area contributed by atoms with Gasteiger partial charge in [0.15, 0.2) is 0 Å². The molecule has 11 heteroatoms. The van der Waals surface area contributed by atoms with E-state index in [9.17, 15) is 10.1 Å². The van der Waals surface area contributed by atoms with Crippen molar-refractivity contribution in [3.8, 4) is 12.1 Å². The lowest BCUT2D eigenvalue weighted by atomic mass is 9.97. The molecule has 1 aromatic heterocycles. The van der Waals surface area contributed by atoms with Gasteiger partial charge in [0.1, 0.15) is 5.82 Å². The molecule has 0 radical (unpaired) electrons. The summed E-state index contributed by atoms with van der Waals surface area (Å²) < 4.78 is 6.32. The SMILES string of the molecule is C=CC(=O)N1CCN(c2nc(OCC3(CN(C)C)CC3)nc3c2C[C@H](C)N(c2c(Cl)cccc2Cl)C3)CC1CC#N. The second kappa shape index (κ2) is 12.0. The van der Waals surface area contributed by atoms with Crippen LogP contribution in [0.25, 0.3) is 0 Å². The molecule has 2 fully saturated rings. The number of para-hydroxylation sites is 1. The fraction of sp³-hybridized carbons (Fsp3) is 0.533. The number of carbonyl (C=O) groups is 1. The van der Waals surface area contributed by atoms with Crippen molar-refractivity contribution in [2.24, 2.45) is 5.41 Å². The zero-order valence-corrected chi connectivity index (χ0v) is 25.5. The second-order valence-corrected chi connectivity index (χ2v) is 12.5. The van der Waals surface area contributed by atoms with Crippen molar-refractivity contribution in [1.29, 1.82) is 5.26 Å². The van der Waals surface area contributed by atoms with E-state index >= 15 is 0 Å². The Kier molecular flexibility index (Phi) is 8.65. The molecule has 1 saturated carbocycles. The molecule has 218 valence electrons. The normalized spacial score (nSPS) is 21.3. The third-order valence-corrected chi connectivity index (χ3v) is 8.92. The Bertz CT molecular complexity index is 1340. The van der Waals surface area contributed by atoms with Gasteiger partial charge in [-0.15, -0.1) is 0 Å². The summed E-state index contributed by atoms with van der Waals surface area (Å²) in [6.45, 7) is 9.37. The van der Waals surface area contributed by atoms with Gasteiger partial charge in [0.05, 0.1) is 53.1 Å². The topological polar surface area (TPSA) is 88.8 Å². The average molecular weight is 599 g/mol. The van der Waals surface area contributed by atoms with Gasteiger partial charge in [-0.2, -0.15) is 15.2 Å². The van der Waals surface area contributed by atoms with Crippen LogP contribution in [0, 0.1) is 16.7 Å². The van der Waals surface area contributed by atoms with Crippen LogP contribution in [0.3, 0.4) is 0 Å². The van der Waals surface area contributed by atoms with Crippen LogP contribution in [-0.2, 0) is 17.8 Å². The first-order valence-electron chi connectivity index (χ1n) is 14.1. The minimum atomic E-state index is -0.261. The molecule has 2 aromatic rings. The summed E-state index contributed by atoms with van der Waals surface area (Å²) in [7, 11) is 4.16. The van der Waals surface area contributed by atoms with E-state index in [-0.39, 0.29) is 29.8 Å². The van der Waals surface area contributed by atoms with Gasteiger partial charge in [-0.1, -0.05) is 35.8 Å². The van der Waals surface area contributed by atoms with Gasteiger partial charge in [-0.05, 0) is 58.5 Å². The number of nitrogens with zero attached hydrogens (tertiary/aromatic N) is 7. The number of piperazine rings is 1. The number of nitriles is 1. The third-order valence-electron chi connectivity index (χ3n) is 8.31. The van der Waals surface area contributed by atoms with Crippen molar-refractivity contribution in [2.45, 2.75) is 51.2 Å². The van der Waals surface area contributed by atoms with E-state index in [1.807, 2.05) is 18.2 Å². The van der Waals surface area contributed by atoms with Crippen molar-refractivity contribution in [3.05, 3.63) is 52.2 Å². The maximum Gasteiger partial charge on any atom is 0.318 e. The summed E-state index contributed by atoms with van der Waals surface area (Å²) >= 11 is 13.2. The summed E-state index contributed by atoms with van der Waals surface area (Å²) in [6, 6.07) is 7.97. The molecule has 0 bridgehead atoms. The monoisotopic (exact) mass is 597 g/mol. The fourth-order valence-electron chi connectivity index (χ4n) is 6.10. The van der Waals surface area contributed by atoms with E-state index in [1.54, 1.807) is 4.90 Å². The first-order chi connectivity index (χ1) is 19.6. The number of rotatable bonds is 9. The van der Waals surface area contributed by atoms with Crippen molar-refractivity contribution in [3.63, 3.8) is 0 Å². The molecule has 1 unspecified atom stereocenters. The first kappa shape index (κ1) is 29.4. The van der Waals surface area contributed by atoms with Crippen molar-refractivity contribution in [2.75, 3.05) is 56.7 Å². The Hall–Kier alpha value is -3.06. The maximum atomic E-state index is 12.5. The van der Waals surface area contributed by atoms with Crippen LogP contribution in [0.2, 0.25) is 10.0 Å². The number of ether oxygens (including phenoxy) is 1. The van der Waals surface area contributed by atoms with E-state index in [4.69, 9.17) is 37.9 Å². The number of fused-ring (bicyclic) bond motifs is 1. The van der Waals surface area contributed by atoms with Gasteiger partial charge >= 0.3 is 6.01 Å². The molecule has 1 aliphatic carbocycles. The number of hydrogen-bond donors (Lipinski definition) is 0. The quantitative estimate of drug-likeness (QED) is 0.388. The van der Waals surface area contributed by atoms with Gasteiger partial charge in [0, 0.05) is 43.2 Å². The molecule has 1 amide bonds. The number of halogens is 2. The van der Waals surface area contributed by atoms with E-state index in [0.29, 0.717) is 55.3 Å². The van der Waals surface area contributed by atoms with E-state index in [0.717, 1.165) is 42.1 Å². The van der Waals surface area contributed by atoms with Crippen molar-refractivity contribution in [1.82, 2.24) is 19.8 Å². The van der Waals surface area contributed by atoms with E-state index < -0.39 is 0 Å². The van der Waals surface area contributed by atoms with E-state index in [1.165, 1.54) is 6.08 Å². The van der Waals surface area contributed by atoms with Crippen LogP contribution < -0.4 is 14.5 Å². The Balaban J connectivity index is 1.50. The zero-order valence-electron chi connectivity index (χ0n) is 23.9. The molecule has 1 aromatic carbocycles. The van der Waals surface area contributed by atoms with Crippen LogP contribution in [0.15, 0.2) is 30.9 Å². The van der Waals surface area contributed by atoms with Crippen LogP contribution in [0.4, 0.5) is 11.5 Å². The van der Waals surface area contributed by atoms with Crippen molar-refractivity contribution < 1.29 is 9.53 Å². The summed E-state index contributed by atoms with van der Waals surface area (Å²) in [5.74, 6) is 0.656. The number of aromatic nitrogens is 2. The summed E-state index contributed by atoms with van der Waals surface area (Å²) in [6.07, 6.45) is 4.47. The molecular weight excluding hydrogens is 561 g/mol. The molecular formula is C30H37Cl2N7O2. The summed E-state index contributed by atoms with van der Waals surface area (Å²) in [4.78, 5) is 30.7. The molecule has 1 saturated heterocycles. The second-order valence-electron chi connectivity index (χ2n) is 11.7. The van der Waals surface area contributed by atoms with Gasteiger partial charge in [-0.3, -0.25) is 4.79 Å². The number of anilines is 2. The summed E-state index contributed by atoms with van der Waals surface area (Å²) in [5.41, 5.74) is 2.85. The van der Waals surface area contributed by atoms with Crippen LogP contribution in [-0.4, -0.2) is 84.6 Å². The lowest BCUT2D eigenvalue weighted by Crippen LogP contribution is -2.55. The molecule has 0 spiro atoms. The number of amides is 1. The highest BCUT2D eigenvalue weighted by Crippen LogP contribution is 2.46. The highest BCUT2D eigenvalue weighted by atomic mass is 35.5. The predicted octanol–water partition coefficient (Wildman–Crippen LogP) is 4.57. The molecule has 41 heavy (non-hydrogen) atoms. The Morgan fingerprint density at radius 2 is 2.00 bits per heavy atom. The van der Waals surface area contributed by atoms with Gasteiger partial charge in [0.2, 0.25) is 5.91 Å². The average Bonchev–Trinajstić information content (AvgIpc) is 3.70. The number of carbonyl (C=O) groups excluding carboxylic acids is 1. The Morgan fingerprint density at radius 3 is 2.63 bits per heavy atom.